The van der Waals surface area contributed by atoms with Crippen LogP contribution in [-0.4, -0.2) is 18.8 Å². The summed E-state index contributed by atoms with van der Waals surface area (Å²) in [5, 5.41) is 0. The summed E-state index contributed by atoms with van der Waals surface area (Å²) in [4.78, 5) is 0. The zero-order valence-corrected chi connectivity index (χ0v) is 7.41. The van der Waals surface area contributed by atoms with Crippen LogP contribution in [0.4, 0.5) is 0 Å². The smallest absolute Gasteiger partial charge is 0.0621 e. The van der Waals surface area contributed by atoms with E-state index in [0.717, 1.165) is 19.3 Å². The van der Waals surface area contributed by atoms with Gasteiger partial charge in [-0.15, -0.1) is 0 Å². The van der Waals surface area contributed by atoms with E-state index in [1.54, 1.807) is 6.08 Å². The minimum atomic E-state index is 0.254. The Morgan fingerprint density at radius 3 is 2.92 bits per heavy atom. The Hall–Kier alpha value is -0.600. The van der Waals surface area contributed by atoms with E-state index >= 15 is 0 Å². The Labute approximate surface area is 74.1 Å². The molecule has 0 unspecified atom stereocenters. The lowest BCUT2D eigenvalue weighted by molar-refractivity contribution is 0.00765. The molecule has 0 aromatic rings. The number of hydrogen-bond acceptors (Lipinski definition) is 2. The highest BCUT2D eigenvalue weighted by molar-refractivity contribution is 4.98. The maximum Gasteiger partial charge on any atom is 0.0621 e. The van der Waals surface area contributed by atoms with Gasteiger partial charge in [-0.1, -0.05) is 24.8 Å². The molecule has 2 heteroatoms. The molecule has 1 aliphatic rings. The molecule has 0 bridgehead atoms. The van der Waals surface area contributed by atoms with Gasteiger partial charge in [0.05, 0.1) is 12.7 Å². The van der Waals surface area contributed by atoms with Crippen molar-refractivity contribution in [2.45, 2.75) is 31.4 Å². The fourth-order valence-corrected chi connectivity index (χ4v) is 1.34. The normalized spacial score (nSPS) is 30.8. The third kappa shape index (κ3) is 3.20. The molecule has 1 heterocycles. The SMILES string of the molecule is C=C/C=C/C[C@H]1CC[C@@H](N)CO1. The second-order valence-electron chi connectivity index (χ2n) is 3.19. The van der Waals surface area contributed by atoms with Crippen molar-refractivity contribution in [2.75, 3.05) is 6.61 Å². The number of nitrogens with two attached hydrogens (primary N) is 1. The number of allylic oxidation sites excluding steroid dienone is 2. The van der Waals surface area contributed by atoms with Crippen molar-refractivity contribution in [3.8, 4) is 0 Å². The fourth-order valence-electron chi connectivity index (χ4n) is 1.34. The Morgan fingerprint density at radius 1 is 1.50 bits per heavy atom. The van der Waals surface area contributed by atoms with E-state index in [9.17, 15) is 0 Å². The lowest BCUT2D eigenvalue weighted by atomic mass is 10.0. The van der Waals surface area contributed by atoms with Crippen molar-refractivity contribution in [1.29, 1.82) is 0 Å². The number of ether oxygens (including phenoxy) is 1. The Bertz CT molecular complexity index is 157. The average Bonchev–Trinajstić information content (AvgIpc) is 2.09. The van der Waals surface area contributed by atoms with Crippen LogP contribution in [-0.2, 0) is 4.74 Å². The Morgan fingerprint density at radius 2 is 2.33 bits per heavy atom. The van der Waals surface area contributed by atoms with Gasteiger partial charge in [-0.25, -0.2) is 0 Å². The minimum Gasteiger partial charge on any atom is -0.376 e. The molecule has 2 N–H and O–H groups in total. The molecule has 1 fully saturated rings. The van der Waals surface area contributed by atoms with E-state index in [1.807, 2.05) is 6.08 Å². The summed E-state index contributed by atoms with van der Waals surface area (Å²) >= 11 is 0. The quantitative estimate of drug-likeness (QED) is 0.648. The van der Waals surface area contributed by atoms with Gasteiger partial charge in [0, 0.05) is 6.04 Å². The van der Waals surface area contributed by atoms with E-state index in [2.05, 4.69) is 12.7 Å². The number of hydrogen-bond donors (Lipinski definition) is 1. The van der Waals surface area contributed by atoms with Crippen molar-refractivity contribution < 1.29 is 4.74 Å². The molecule has 1 rings (SSSR count). The second kappa shape index (κ2) is 5.12. The standard InChI is InChI=1S/C10H17NO/c1-2-3-4-5-10-7-6-9(11)8-12-10/h2-4,9-10H,1,5-8,11H2/b4-3+/t9-,10+/m1/s1. The van der Waals surface area contributed by atoms with Crippen LogP contribution < -0.4 is 5.73 Å². The monoisotopic (exact) mass is 167 g/mol. The van der Waals surface area contributed by atoms with Gasteiger partial charge in [-0.3, -0.25) is 0 Å². The first-order valence-electron chi connectivity index (χ1n) is 4.47. The van der Waals surface area contributed by atoms with Gasteiger partial charge in [0.1, 0.15) is 0 Å². The topological polar surface area (TPSA) is 35.2 Å². The first-order chi connectivity index (χ1) is 5.83. The molecule has 0 spiro atoms. The zero-order valence-electron chi connectivity index (χ0n) is 7.41. The van der Waals surface area contributed by atoms with Crippen molar-refractivity contribution in [3.63, 3.8) is 0 Å². The van der Waals surface area contributed by atoms with Crippen molar-refractivity contribution in [3.05, 3.63) is 24.8 Å². The average molecular weight is 167 g/mol. The van der Waals surface area contributed by atoms with Crippen LogP contribution in [0.25, 0.3) is 0 Å². The second-order valence-corrected chi connectivity index (χ2v) is 3.19. The van der Waals surface area contributed by atoms with Crippen LogP contribution >= 0.6 is 0 Å². The van der Waals surface area contributed by atoms with Gasteiger partial charge in [0.25, 0.3) is 0 Å². The van der Waals surface area contributed by atoms with Gasteiger partial charge < -0.3 is 10.5 Å². The van der Waals surface area contributed by atoms with Crippen LogP contribution in [0.2, 0.25) is 0 Å². The molecule has 2 nitrogen and oxygen atoms in total. The van der Waals surface area contributed by atoms with E-state index in [1.165, 1.54) is 0 Å². The van der Waals surface area contributed by atoms with E-state index in [0.29, 0.717) is 12.7 Å². The van der Waals surface area contributed by atoms with Crippen LogP contribution in [0.5, 0.6) is 0 Å². The zero-order chi connectivity index (χ0) is 8.81. The Balaban J connectivity index is 2.17. The molecule has 0 aromatic carbocycles. The van der Waals surface area contributed by atoms with Gasteiger partial charge in [-0.05, 0) is 19.3 Å². The first kappa shape index (κ1) is 9.49. The fraction of sp³-hybridized carbons (Fsp3) is 0.600. The molecule has 1 saturated heterocycles. The summed E-state index contributed by atoms with van der Waals surface area (Å²) in [6.45, 7) is 4.32. The van der Waals surface area contributed by atoms with Gasteiger partial charge in [0.15, 0.2) is 0 Å². The highest BCUT2D eigenvalue weighted by Crippen LogP contribution is 2.15. The van der Waals surface area contributed by atoms with Gasteiger partial charge in [0.2, 0.25) is 0 Å². The minimum absolute atomic E-state index is 0.254. The van der Waals surface area contributed by atoms with Gasteiger partial charge >= 0.3 is 0 Å². The molecule has 12 heavy (non-hydrogen) atoms. The molecule has 0 aromatic heterocycles. The van der Waals surface area contributed by atoms with Crippen molar-refractivity contribution >= 4 is 0 Å². The Kier molecular flexibility index (Phi) is 4.05. The molecule has 0 aliphatic carbocycles. The first-order valence-corrected chi connectivity index (χ1v) is 4.47. The molecule has 2 atom stereocenters. The van der Waals surface area contributed by atoms with Crippen LogP contribution in [0, 0.1) is 0 Å². The summed E-state index contributed by atoms with van der Waals surface area (Å²) in [5.74, 6) is 0. The predicted molar refractivity (Wildman–Crippen MR) is 50.9 cm³/mol. The molecule has 0 radical (unpaired) electrons. The predicted octanol–water partition coefficient (Wildman–Crippen LogP) is 1.62. The van der Waals surface area contributed by atoms with E-state index in [-0.39, 0.29) is 6.04 Å². The molecule has 0 saturated carbocycles. The highest BCUT2D eigenvalue weighted by atomic mass is 16.5. The summed E-state index contributed by atoms with van der Waals surface area (Å²) in [6, 6.07) is 0.254. The maximum absolute atomic E-state index is 5.69. The molecular formula is C10H17NO. The molecular weight excluding hydrogens is 150 g/mol. The third-order valence-electron chi connectivity index (χ3n) is 2.08. The molecule has 0 amide bonds. The third-order valence-corrected chi connectivity index (χ3v) is 2.08. The summed E-state index contributed by atoms with van der Waals surface area (Å²) in [7, 11) is 0. The van der Waals surface area contributed by atoms with Crippen molar-refractivity contribution in [2.24, 2.45) is 5.73 Å². The van der Waals surface area contributed by atoms with E-state index < -0.39 is 0 Å². The molecule has 1 aliphatic heterocycles. The van der Waals surface area contributed by atoms with Crippen LogP contribution in [0.1, 0.15) is 19.3 Å². The van der Waals surface area contributed by atoms with Crippen LogP contribution in [0.3, 0.4) is 0 Å². The summed E-state index contributed by atoms with van der Waals surface area (Å²) < 4.78 is 5.53. The van der Waals surface area contributed by atoms with Crippen LogP contribution in [0.15, 0.2) is 24.8 Å². The molecule has 68 valence electrons. The largest absolute Gasteiger partial charge is 0.376 e. The van der Waals surface area contributed by atoms with Gasteiger partial charge in [-0.2, -0.15) is 0 Å². The highest BCUT2D eigenvalue weighted by Gasteiger charge is 2.17. The van der Waals surface area contributed by atoms with E-state index in [4.69, 9.17) is 10.5 Å². The number of rotatable bonds is 3. The summed E-state index contributed by atoms with van der Waals surface area (Å²) in [5.41, 5.74) is 5.69. The van der Waals surface area contributed by atoms with Crippen molar-refractivity contribution in [1.82, 2.24) is 0 Å². The lowest BCUT2D eigenvalue weighted by Crippen LogP contribution is -2.35. The lowest BCUT2D eigenvalue weighted by Gasteiger charge is -2.25. The maximum atomic E-state index is 5.69. The summed E-state index contributed by atoms with van der Waals surface area (Å²) in [6.07, 6.45) is 9.37.